The van der Waals surface area contributed by atoms with Crippen LogP contribution in [-0.4, -0.2) is 10.9 Å². The summed E-state index contributed by atoms with van der Waals surface area (Å²) in [4.78, 5) is 16.9. The van der Waals surface area contributed by atoms with Crippen LogP contribution in [0.25, 0.3) is 11.1 Å². The summed E-state index contributed by atoms with van der Waals surface area (Å²) in [6.45, 7) is 0.922. The number of hydrogen-bond acceptors (Lipinski definition) is 3. The molecule has 0 aliphatic carbocycles. The van der Waals surface area contributed by atoms with E-state index < -0.39 is 0 Å². The lowest BCUT2D eigenvalue weighted by molar-refractivity contribution is 0.0951. The van der Waals surface area contributed by atoms with Crippen molar-refractivity contribution in [3.63, 3.8) is 0 Å². The molecule has 0 saturated carbocycles. The summed E-state index contributed by atoms with van der Waals surface area (Å²) in [6.07, 6.45) is 3.53. The van der Waals surface area contributed by atoms with E-state index in [1.807, 2.05) is 91.0 Å². The maximum atomic E-state index is 12.8. The van der Waals surface area contributed by atoms with Gasteiger partial charge in [0.05, 0.1) is 0 Å². The zero-order chi connectivity index (χ0) is 20.6. The second-order valence-corrected chi connectivity index (χ2v) is 6.89. The molecule has 30 heavy (non-hydrogen) atoms. The lowest BCUT2D eigenvalue weighted by Gasteiger charge is -2.11. The van der Waals surface area contributed by atoms with Crippen LogP contribution in [0.15, 0.2) is 103 Å². The summed E-state index contributed by atoms with van der Waals surface area (Å²) in [5.41, 5.74) is 4.65. The number of rotatable bonds is 7. The van der Waals surface area contributed by atoms with Crippen molar-refractivity contribution >= 4 is 5.91 Å². The number of aromatic nitrogens is 1. The summed E-state index contributed by atoms with van der Waals surface area (Å²) in [5.74, 6) is 0.690. The molecule has 0 aliphatic rings. The van der Waals surface area contributed by atoms with Gasteiger partial charge in [-0.05, 0) is 41.0 Å². The van der Waals surface area contributed by atoms with Gasteiger partial charge in [-0.2, -0.15) is 0 Å². The van der Waals surface area contributed by atoms with Crippen LogP contribution in [0.2, 0.25) is 0 Å². The molecule has 0 spiro atoms. The van der Waals surface area contributed by atoms with Gasteiger partial charge in [0.2, 0.25) is 0 Å². The Kier molecular flexibility index (Phi) is 6.16. The first kappa shape index (κ1) is 19.4. The van der Waals surface area contributed by atoms with Crippen LogP contribution in [0.4, 0.5) is 0 Å². The highest BCUT2D eigenvalue weighted by Gasteiger charge is 2.12. The van der Waals surface area contributed by atoms with E-state index in [9.17, 15) is 4.79 Å². The summed E-state index contributed by atoms with van der Waals surface area (Å²) >= 11 is 0. The Morgan fingerprint density at radius 3 is 2.33 bits per heavy atom. The zero-order valence-electron chi connectivity index (χ0n) is 16.5. The van der Waals surface area contributed by atoms with Gasteiger partial charge in [0.15, 0.2) is 0 Å². The van der Waals surface area contributed by atoms with Crippen molar-refractivity contribution in [2.45, 2.75) is 13.2 Å². The standard InChI is InChI=1S/C26H22N2O2/c29-26(25-11-5-4-10-24(25)22-8-2-1-3-9-22)28-18-20-12-14-23(15-13-20)30-19-21-7-6-16-27-17-21/h1-17H,18-19H2,(H,28,29). The normalized spacial score (nSPS) is 10.4. The van der Waals surface area contributed by atoms with Crippen molar-refractivity contribution < 1.29 is 9.53 Å². The minimum atomic E-state index is -0.0913. The fraction of sp³-hybridized carbons (Fsp3) is 0.0769. The lowest BCUT2D eigenvalue weighted by Crippen LogP contribution is -2.23. The Hall–Kier alpha value is -3.92. The SMILES string of the molecule is O=C(NCc1ccc(OCc2cccnc2)cc1)c1ccccc1-c1ccccc1. The largest absolute Gasteiger partial charge is 0.489 e. The number of carbonyl (C=O) groups is 1. The average molecular weight is 394 g/mol. The van der Waals surface area contributed by atoms with Crippen molar-refractivity contribution in [1.82, 2.24) is 10.3 Å². The Labute approximate surface area is 176 Å². The van der Waals surface area contributed by atoms with E-state index in [1.54, 1.807) is 12.4 Å². The highest BCUT2D eigenvalue weighted by atomic mass is 16.5. The second kappa shape index (κ2) is 9.52. The quantitative estimate of drug-likeness (QED) is 0.465. The molecular formula is C26H22N2O2. The van der Waals surface area contributed by atoms with Gasteiger partial charge < -0.3 is 10.1 Å². The van der Waals surface area contributed by atoms with Gasteiger partial charge >= 0.3 is 0 Å². The van der Waals surface area contributed by atoms with Crippen LogP contribution in [0.1, 0.15) is 21.5 Å². The van der Waals surface area contributed by atoms with Gasteiger partial charge in [0.1, 0.15) is 12.4 Å². The number of nitrogens with zero attached hydrogens (tertiary/aromatic N) is 1. The molecule has 4 heteroatoms. The molecule has 1 N–H and O–H groups in total. The Bertz CT molecular complexity index is 1090. The van der Waals surface area contributed by atoms with E-state index in [0.29, 0.717) is 18.7 Å². The molecule has 0 atom stereocenters. The van der Waals surface area contributed by atoms with Gasteiger partial charge in [-0.3, -0.25) is 9.78 Å². The highest BCUT2D eigenvalue weighted by Crippen LogP contribution is 2.23. The number of carbonyl (C=O) groups excluding carboxylic acids is 1. The third-order valence-electron chi connectivity index (χ3n) is 4.76. The molecule has 4 rings (SSSR count). The maximum Gasteiger partial charge on any atom is 0.252 e. The minimum absolute atomic E-state index is 0.0913. The summed E-state index contributed by atoms with van der Waals surface area (Å²) in [7, 11) is 0. The minimum Gasteiger partial charge on any atom is -0.489 e. The number of amides is 1. The van der Waals surface area contributed by atoms with E-state index in [4.69, 9.17) is 4.74 Å². The molecule has 0 bridgehead atoms. The van der Waals surface area contributed by atoms with E-state index in [0.717, 1.165) is 28.0 Å². The topological polar surface area (TPSA) is 51.2 Å². The molecule has 0 unspecified atom stereocenters. The van der Waals surface area contributed by atoms with Crippen molar-refractivity contribution in [2.75, 3.05) is 0 Å². The maximum absolute atomic E-state index is 12.8. The number of ether oxygens (including phenoxy) is 1. The van der Waals surface area contributed by atoms with Crippen LogP contribution >= 0.6 is 0 Å². The van der Waals surface area contributed by atoms with Gasteiger partial charge in [0, 0.05) is 30.1 Å². The summed E-state index contributed by atoms with van der Waals surface area (Å²) < 4.78 is 5.78. The first-order valence-corrected chi connectivity index (χ1v) is 9.83. The molecule has 1 amide bonds. The van der Waals surface area contributed by atoms with Gasteiger partial charge in [-0.15, -0.1) is 0 Å². The second-order valence-electron chi connectivity index (χ2n) is 6.89. The van der Waals surface area contributed by atoms with Crippen LogP contribution < -0.4 is 10.1 Å². The molecule has 4 nitrogen and oxygen atoms in total. The monoisotopic (exact) mass is 394 g/mol. The van der Waals surface area contributed by atoms with Crippen LogP contribution in [0, 0.1) is 0 Å². The van der Waals surface area contributed by atoms with E-state index in [2.05, 4.69) is 10.3 Å². The van der Waals surface area contributed by atoms with E-state index >= 15 is 0 Å². The van der Waals surface area contributed by atoms with Gasteiger partial charge in [-0.1, -0.05) is 66.7 Å². The molecule has 0 fully saturated rings. The van der Waals surface area contributed by atoms with Gasteiger partial charge in [-0.25, -0.2) is 0 Å². The Morgan fingerprint density at radius 1 is 0.800 bits per heavy atom. The number of nitrogens with one attached hydrogen (secondary N) is 1. The molecule has 148 valence electrons. The predicted octanol–water partition coefficient (Wildman–Crippen LogP) is 5.26. The van der Waals surface area contributed by atoms with Crippen LogP contribution in [0.3, 0.4) is 0 Å². The first-order valence-electron chi connectivity index (χ1n) is 9.83. The van der Waals surface area contributed by atoms with Crippen LogP contribution in [0.5, 0.6) is 5.75 Å². The summed E-state index contributed by atoms with van der Waals surface area (Å²) in [6, 6.07) is 29.2. The molecule has 0 radical (unpaired) electrons. The molecular weight excluding hydrogens is 372 g/mol. The van der Waals surface area contributed by atoms with E-state index in [1.165, 1.54) is 0 Å². The van der Waals surface area contributed by atoms with Gasteiger partial charge in [0.25, 0.3) is 5.91 Å². The molecule has 3 aromatic carbocycles. The number of pyridine rings is 1. The smallest absolute Gasteiger partial charge is 0.252 e. The van der Waals surface area contributed by atoms with Crippen molar-refractivity contribution in [1.29, 1.82) is 0 Å². The summed E-state index contributed by atoms with van der Waals surface area (Å²) in [5, 5.41) is 3.01. The zero-order valence-corrected chi connectivity index (χ0v) is 16.5. The third-order valence-corrected chi connectivity index (χ3v) is 4.76. The van der Waals surface area contributed by atoms with Crippen molar-refractivity contribution in [3.8, 4) is 16.9 Å². The Balaban J connectivity index is 1.37. The predicted molar refractivity (Wildman–Crippen MR) is 118 cm³/mol. The number of hydrogen-bond donors (Lipinski definition) is 1. The fourth-order valence-electron chi connectivity index (χ4n) is 3.18. The lowest BCUT2D eigenvalue weighted by atomic mass is 9.99. The molecule has 1 heterocycles. The molecule has 1 aromatic heterocycles. The van der Waals surface area contributed by atoms with E-state index in [-0.39, 0.29) is 5.91 Å². The molecule has 0 aliphatic heterocycles. The first-order chi connectivity index (χ1) is 14.8. The highest BCUT2D eigenvalue weighted by molar-refractivity contribution is 6.00. The van der Waals surface area contributed by atoms with Crippen LogP contribution in [-0.2, 0) is 13.2 Å². The number of benzene rings is 3. The Morgan fingerprint density at radius 2 is 1.57 bits per heavy atom. The molecule has 0 saturated heterocycles. The fourth-order valence-corrected chi connectivity index (χ4v) is 3.18. The van der Waals surface area contributed by atoms with Crippen molar-refractivity contribution in [2.24, 2.45) is 0 Å². The third kappa shape index (κ3) is 4.92. The molecule has 4 aromatic rings. The van der Waals surface area contributed by atoms with Crippen molar-refractivity contribution in [3.05, 3.63) is 120 Å². The average Bonchev–Trinajstić information content (AvgIpc) is 2.83.